The first-order chi connectivity index (χ1) is 5.27. The van der Waals surface area contributed by atoms with Crippen molar-refractivity contribution in [3.05, 3.63) is 29.0 Å². The molecule has 11 heavy (non-hydrogen) atoms. The number of halogens is 1. The van der Waals surface area contributed by atoms with Crippen LogP contribution in [0.2, 0.25) is 5.22 Å². The number of aryl methyl sites for hydroxylation is 1. The van der Waals surface area contributed by atoms with E-state index in [2.05, 4.69) is 5.16 Å². The summed E-state index contributed by atoms with van der Waals surface area (Å²) >= 11 is 5.70. The maximum Gasteiger partial charge on any atom is 0.233 e. The van der Waals surface area contributed by atoms with Crippen molar-refractivity contribution >= 4 is 22.5 Å². The molecule has 0 spiro atoms. The van der Waals surface area contributed by atoms with Crippen molar-refractivity contribution in [3.63, 3.8) is 0 Å². The zero-order chi connectivity index (χ0) is 7.84. The highest BCUT2D eigenvalue weighted by Gasteiger charge is 2.03. The fourth-order valence-corrected chi connectivity index (χ4v) is 1.22. The number of hydrogen-bond donors (Lipinski definition) is 0. The van der Waals surface area contributed by atoms with Crippen molar-refractivity contribution in [3.8, 4) is 0 Å². The summed E-state index contributed by atoms with van der Waals surface area (Å²) in [5, 5.41) is 5.01. The highest BCUT2D eigenvalue weighted by atomic mass is 35.5. The average molecular weight is 168 g/mol. The van der Waals surface area contributed by atoms with Crippen molar-refractivity contribution in [2.45, 2.75) is 6.92 Å². The smallest absolute Gasteiger partial charge is 0.233 e. The summed E-state index contributed by atoms with van der Waals surface area (Å²) in [4.78, 5) is 0. The summed E-state index contributed by atoms with van der Waals surface area (Å²) in [6, 6.07) is 5.82. The average Bonchev–Trinajstić information content (AvgIpc) is 2.32. The number of nitrogens with zero attached hydrogens (tertiary/aromatic N) is 1. The third-order valence-corrected chi connectivity index (χ3v) is 1.86. The predicted octanol–water partition coefficient (Wildman–Crippen LogP) is 2.79. The van der Waals surface area contributed by atoms with E-state index in [0.29, 0.717) is 5.22 Å². The fourth-order valence-electron chi connectivity index (χ4n) is 1.02. The zero-order valence-electron chi connectivity index (χ0n) is 5.97. The molecule has 0 atom stereocenters. The Balaban J connectivity index is 2.86. The molecule has 0 aliphatic rings. The Morgan fingerprint density at radius 3 is 3.09 bits per heavy atom. The summed E-state index contributed by atoms with van der Waals surface area (Å²) in [6.07, 6.45) is 0. The second kappa shape index (κ2) is 2.24. The molecule has 0 aliphatic heterocycles. The number of hydrogen-bond acceptors (Lipinski definition) is 2. The molecule has 0 bridgehead atoms. The largest absolute Gasteiger partial charge is 0.343 e. The van der Waals surface area contributed by atoms with Gasteiger partial charge in [-0.1, -0.05) is 11.2 Å². The number of fused-ring (bicyclic) bond motifs is 1. The number of aromatic nitrogens is 1. The standard InChI is InChI=1S/C8H6ClNO/c1-5-2-3-6-7(4-5)10-11-8(6)9/h2-4H,1H3. The van der Waals surface area contributed by atoms with Gasteiger partial charge in [-0.3, -0.25) is 0 Å². The van der Waals surface area contributed by atoms with Crippen LogP contribution in [0.1, 0.15) is 5.56 Å². The van der Waals surface area contributed by atoms with E-state index in [4.69, 9.17) is 16.1 Å². The van der Waals surface area contributed by atoms with Crippen LogP contribution in [-0.4, -0.2) is 5.16 Å². The van der Waals surface area contributed by atoms with Crippen LogP contribution in [0.3, 0.4) is 0 Å². The summed E-state index contributed by atoms with van der Waals surface area (Å²) in [6.45, 7) is 2.00. The molecule has 0 radical (unpaired) electrons. The molecule has 0 saturated heterocycles. The first kappa shape index (κ1) is 6.68. The SMILES string of the molecule is Cc1ccc2c(Cl)onc2c1. The Bertz CT molecular complexity index is 394. The van der Waals surface area contributed by atoms with Gasteiger partial charge in [0.2, 0.25) is 5.22 Å². The molecule has 3 heteroatoms. The van der Waals surface area contributed by atoms with E-state index in [9.17, 15) is 0 Å². The Morgan fingerprint density at radius 1 is 1.45 bits per heavy atom. The molecular weight excluding hydrogens is 162 g/mol. The van der Waals surface area contributed by atoms with Crippen LogP contribution in [0.15, 0.2) is 22.7 Å². The van der Waals surface area contributed by atoms with Crippen LogP contribution in [0, 0.1) is 6.92 Å². The minimum absolute atomic E-state index is 0.361. The Labute approximate surface area is 68.7 Å². The maximum absolute atomic E-state index is 5.70. The number of rotatable bonds is 0. The maximum atomic E-state index is 5.70. The van der Waals surface area contributed by atoms with Gasteiger partial charge < -0.3 is 4.52 Å². The van der Waals surface area contributed by atoms with Crippen molar-refractivity contribution < 1.29 is 4.52 Å². The van der Waals surface area contributed by atoms with Crippen molar-refractivity contribution in [1.82, 2.24) is 5.16 Å². The monoisotopic (exact) mass is 167 g/mol. The highest BCUT2D eigenvalue weighted by Crippen LogP contribution is 2.22. The molecule has 56 valence electrons. The Hall–Kier alpha value is -1.02. The second-order valence-electron chi connectivity index (χ2n) is 2.48. The van der Waals surface area contributed by atoms with Crippen molar-refractivity contribution in [1.29, 1.82) is 0 Å². The van der Waals surface area contributed by atoms with E-state index in [1.807, 2.05) is 25.1 Å². The van der Waals surface area contributed by atoms with E-state index in [1.54, 1.807) is 0 Å². The minimum atomic E-state index is 0.361. The van der Waals surface area contributed by atoms with E-state index >= 15 is 0 Å². The number of benzene rings is 1. The predicted molar refractivity (Wildman–Crippen MR) is 43.8 cm³/mol. The van der Waals surface area contributed by atoms with E-state index in [-0.39, 0.29) is 0 Å². The van der Waals surface area contributed by atoms with Gasteiger partial charge in [0.15, 0.2) is 0 Å². The van der Waals surface area contributed by atoms with Gasteiger partial charge in [-0.05, 0) is 36.2 Å². The molecule has 0 fully saturated rings. The van der Waals surface area contributed by atoms with Gasteiger partial charge in [0.1, 0.15) is 5.52 Å². The van der Waals surface area contributed by atoms with Gasteiger partial charge >= 0.3 is 0 Å². The van der Waals surface area contributed by atoms with E-state index in [1.165, 1.54) is 0 Å². The zero-order valence-corrected chi connectivity index (χ0v) is 6.72. The molecule has 0 N–H and O–H groups in total. The summed E-state index contributed by atoms with van der Waals surface area (Å²) in [5.41, 5.74) is 1.97. The lowest BCUT2D eigenvalue weighted by Gasteiger charge is -1.88. The third kappa shape index (κ3) is 0.994. The third-order valence-electron chi connectivity index (χ3n) is 1.59. The molecule has 2 nitrogen and oxygen atoms in total. The van der Waals surface area contributed by atoms with E-state index < -0.39 is 0 Å². The first-order valence-corrected chi connectivity index (χ1v) is 3.67. The molecule has 2 aromatic rings. The first-order valence-electron chi connectivity index (χ1n) is 3.29. The van der Waals surface area contributed by atoms with Crippen LogP contribution in [0.5, 0.6) is 0 Å². The molecule has 0 aliphatic carbocycles. The lowest BCUT2D eigenvalue weighted by Crippen LogP contribution is -1.70. The van der Waals surface area contributed by atoms with Crippen LogP contribution >= 0.6 is 11.6 Å². The van der Waals surface area contributed by atoms with Gasteiger partial charge in [-0.2, -0.15) is 0 Å². The van der Waals surface area contributed by atoms with Crippen LogP contribution in [0.4, 0.5) is 0 Å². The fraction of sp³-hybridized carbons (Fsp3) is 0.125. The van der Waals surface area contributed by atoms with Gasteiger partial charge in [-0.15, -0.1) is 0 Å². The summed E-state index contributed by atoms with van der Waals surface area (Å²) < 4.78 is 4.79. The van der Waals surface area contributed by atoms with Crippen LogP contribution in [-0.2, 0) is 0 Å². The van der Waals surface area contributed by atoms with Crippen LogP contribution in [0.25, 0.3) is 10.9 Å². The Morgan fingerprint density at radius 2 is 2.27 bits per heavy atom. The molecule has 0 saturated carbocycles. The molecule has 0 unspecified atom stereocenters. The lowest BCUT2D eigenvalue weighted by molar-refractivity contribution is 0.430. The second-order valence-corrected chi connectivity index (χ2v) is 2.82. The normalized spacial score (nSPS) is 10.7. The Kier molecular flexibility index (Phi) is 1.36. The van der Waals surface area contributed by atoms with Crippen molar-refractivity contribution in [2.24, 2.45) is 0 Å². The topological polar surface area (TPSA) is 26.0 Å². The van der Waals surface area contributed by atoms with Gasteiger partial charge in [0.25, 0.3) is 0 Å². The minimum Gasteiger partial charge on any atom is -0.343 e. The highest BCUT2D eigenvalue weighted by molar-refractivity contribution is 6.33. The summed E-state index contributed by atoms with van der Waals surface area (Å²) in [7, 11) is 0. The van der Waals surface area contributed by atoms with Gasteiger partial charge in [-0.25, -0.2) is 0 Å². The molecule has 1 aromatic heterocycles. The quantitative estimate of drug-likeness (QED) is 0.603. The van der Waals surface area contributed by atoms with E-state index in [0.717, 1.165) is 16.5 Å². The molecule has 1 aromatic carbocycles. The molecule has 1 heterocycles. The van der Waals surface area contributed by atoms with Crippen LogP contribution < -0.4 is 0 Å². The lowest BCUT2D eigenvalue weighted by atomic mass is 10.2. The summed E-state index contributed by atoms with van der Waals surface area (Å²) in [5.74, 6) is 0. The molecule has 2 rings (SSSR count). The molecule has 0 amide bonds. The van der Waals surface area contributed by atoms with Crippen molar-refractivity contribution in [2.75, 3.05) is 0 Å². The van der Waals surface area contributed by atoms with Gasteiger partial charge in [0.05, 0.1) is 5.39 Å². The molecular formula is C8H6ClNO. The van der Waals surface area contributed by atoms with Gasteiger partial charge in [0, 0.05) is 0 Å².